The molecule has 0 aliphatic rings. The summed E-state index contributed by atoms with van der Waals surface area (Å²) in [5.74, 6) is -0.406. The van der Waals surface area contributed by atoms with Gasteiger partial charge in [0.25, 0.3) is 0 Å². The average Bonchev–Trinajstić information content (AvgIpc) is 2.51. The van der Waals surface area contributed by atoms with Crippen molar-refractivity contribution < 1.29 is 14.3 Å². The summed E-state index contributed by atoms with van der Waals surface area (Å²) >= 11 is 11.7. The van der Waals surface area contributed by atoms with E-state index < -0.39 is 12.0 Å². The number of amides is 2. The normalized spacial score (nSPS) is 10.4. The molecule has 24 heavy (non-hydrogen) atoms. The van der Waals surface area contributed by atoms with Crippen LogP contribution in [0.15, 0.2) is 42.5 Å². The van der Waals surface area contributed by atoms with Crippen LogP contribution >= 0.6 is 23.2 Å². The minimum atomic E-state index is -0.439. The third-order valence-electron chi connectivity index (χ3n) is 2.90. The quantitative estimate of drug-likeness (QED) is 0.730. The molecule has 2 aromatic rings. The highest BCUT2D eigenvalue weighted by molar-refractivity contribution is 6.42. The molecule has 0 heterocycles. The summed E-state index contributed by atoms with van der Waals surface area (Å²) in [6.07, 6.45) is -0.188. The van der Waals surface area contributed by atoms with Gasteiger partial charge in [0, 0.05) is 11.4 Å². The van der Waals surface area contributed by atoms with Gasteiger partial charge in [0.15, 0.2) is 0 Å². The fraction of sp³-hybridized carbons (Fsp3) is 0.176. The molecule has 0 bridgehead atoms. The molecule has 0 fully saturated rings. The first-order valence-electron chi connectivity index (χ1n) is 7.19. The molecule has 0 aromatic heterocycles. The van der Waals surface area contributed by atoms with Crippen molar-refractivity contribution in [1.82, 2.24) is 0 Å². The summed E-state index contributed by atoms with van der Waals surface area (Å²) in [6, 6.07) is 10.7. The van der Waals surface area contributed by atoms with Crippen molar-refractivity contribution in [3.05, 3.63) is 58.1 Å². The molecule has 7 heteroatoms. The maximum Gasteiger partial charge on any atom is 0.338 e. The zero-order valence-corrected chi connectivity index (χ0v) is 14.6. The van der Waals surface area contributed by atoms with Gasteiger partial charge in [-0.2, -0.15) is 0 Å². The minimum Gasteiger partial charge on any atom is -0.459 e. The first kappa shape index (κ1) is 18.1. The van der Waals surface area contributed by atoms with Crippen molar-refractivity contribution in [1.29, 1.82) is 0 Å². The fourth-order valence-electron chi connectivity index (χ4n) is 1.84. The van der Waals surface area contributed by atoms with E-state index >= 15 is 0 Å². The van der Waals surface area contributed by atoms with Crippen molar-refractivity contribution in [2.24, 2.45) is 0 Å². The van der Waals surface area contributed by atoms with Crippen molar-refractivity contribution in [2.45, 2.75) is 20.0 Å². The van der Waals surface area contributed by atoms with E-state index in [1.165, 1.54) is 0 Å². The van der Waals surface area contributed by atoms with Gasteiger partial charge in [0.2, 0.25) is 0 Å². The third-order valence-corrected chi connectivity index (χ3v) is 3.64. The number of ether oxygens (including phenoxy) is 1. The second-order valence-electron chi connectivity index (χ2n) is 5.24. The van der Waals surface area contributed by atoms with Crippen LogP contribution in [0.4, 0.5) is 16.2 Å². The van der Waals surface area contributed by atoms with E-state index in [1.807, 2.05) is 0 Å². The summed E-state index contributed by atoms with van der Waals surface area (Å²) in [5, 5.41) is 6.05. The highest BCUT2D eigenvalue weighted by Crippen LogP contribution is 2.25. The van der Waals surface area contributed by atoms with Crippen LogP contribution in [0.5, 0.6) is 0 Å². The summed E-state index contributed by atoms with van der Waals surface area (Å²) < 4.78 is 5.10. The second-order valence-corrected chi connectivity index (χ2v) is 6.05. The Morgan fingerprint density at radius 2 is 1.50 bits per heavy atom. The minimum absolute atomic E-state index is 0.188. The Morgan fingerprint density at radius 3 is 2.08 bits per heavy atom. The number of benzene rings is 2. The molecule has 0 saturated heterocycles. The van der Waals surface area contributed by atoms with E-state index in [2.05, 4.69) is 10.6 Å². The molecule has 0 unspecified atom stereocenters. The van der Waals surface area contributed by atoms with Gasteiger partial charge in [0.05, 0.1) is 21.7 Å². The number of hydrogen-bond donors (Lipinski definition) is 2. The van der Waals surface area contributed by atoms with E-state index in [-0.39, 0.29) is 6.10 Å². The topological polar surface area (TPSA) is 67.4 Å². The lowest BCUT2D eigenvalue weighted by Gasteiger charge is -2.10. The van der Waals surface area contributed by atoms with Crippen LogP contribution in [0.1, 0.15) is 24.2 Å². The Bertz CT molecular complexity index is 746. The highest BCUT2D eigenvalue weighted by Gasteiger charge is 2.10. The maximum atomic E-state index is 12.0. The monoisotopic (exact) mass is 366 g/mol. The highest BCUT2D eigenvalue weighted by atomic mass is 35.5. The van der Waals surface area contributed by atoms with E-state index in [9.17, 15) is 9.59 Å². The average molecular weight is 367 g/mol. The van der Waals surface area contributed by atoms with Crippen LogP contribution in [0, 0.1) is 0 Å². The fourth-order valence-corrected chi connectivity index (χ4v) is 2.14. The van der Waals surface area contributed by atoms with Crippen molar-refractivity contribution in [3.63, 3.8) is 0 Å². The van der Waals surface area contributed by atoms with Gasteiger partial charge in [0.1, 0.15) is 0 Å². The predicted molar refractivity (Wildman–Crippen MR) is 96.1 cm³/mol. The van der Waals surface area contributed by atoms with Gasteiger partial charge in [-0.1, -0.05) is 23.2 Å². The largest absolute Gasteiger partial charge is 0.459 e. The van der Waals surface area contributed by atoms with E-state index in [0.717, 1.165) is 0 Å². The number of rotatable bonds is 4. The smallest absolute Gasteiger partial charge is 0.338 e. The summed E-state index contributed by atoms with van der Waals surface area (Å²) in [6.45, 7) is 3.56. The molecule has 2 rings (SSSR count). The molecule has 2 N–H and O–H groups in total. The first-order valence-corrected chi connectivity index (χ1v) is 7.95. The van der Waals surface area contributed by atoms with Gasteiger partial charge in [-0.3, -0.25) is 0 Å². The molecule has 0 atom stereocenters. The number of carbonyl (C=O) groups is 2. The number of carbonyl (C=O) groups excluding carboxylic acids is 2. The van der Waals surface area contributed by atoms with Gasteiger partial charge in [-0.25, -0.2) is 9.59 Å². The lowest BCUT2D eigenvalue weighted by molar-refractivity contribution is 0.0378. The Hall–Kier alpha value is -2.24. The first-order chi connectivity index (χ1) is 11.3. The van der Waals surface area contributed by atoms with Crippen LogP contribution in [0.25, 0.3) is 0 Å². The number of esters is 1. The SMILES string of the molecule is CC(C)OC(=O)c1ccc(NC(=O)Nc2ccc(Cl)c(Cl)c2)cc1. The number of urea groups is 1. The molecular weight excluding hydrogens is 351 g/mol. The molecular formula is C17H16Cl2N2O3. The molecule has 0 spiro atoms. The van der Waals surface area contributed by atoms with Gasteiger partial charge < -0.3 is 15.4 Å². The Morgan fingerprint density at radius 1 is 0.917 bits per heavy atom. The lowest BCUT2D eigenvalue weighted by Crippen LogP contribution is -2.19. The molecule has 126 valence electrons. The van der Waals surface area contributed by atoms with Gasteiger partial charge in [-0.15, -0.1) is 0 Å². The molecule has 0 aliphatic carbocycles. The van der Waals surface area contributed by atoms with Crippen LogP contribution in [0.3, 0.4) is 0 Å². The molecule has 0 aliphatic heterocycles. The molecule has 5 nitrogen and oxygen atoms in total. The Labute approximate surface area is 149 Å². The van der Waals surface area contributed by atoms with Gasteiger partial charge in [-0.05, 0) is 56.3 Å². The molecule has 2 aromatic carbocycles. The Kier molecular flexibility index (Phi) is 6.06. The zero-order valence-electron chi connectivity index (χ0n) is 13.1. The zero-order chi connectivity index (χ0) is 17.7. The number of hydrogen-bond acceptors (Lipinski definition) is 3. The van der Waals surface area contributed by atoms with Crippen molar-refractivity contribution in [2.75, 3.05) is 10.6 Å². The van der Waals surface area contributed by atoms with E-state index in [4.69, 9.17) is 27.9 Å². The summed E-state index contributed by atoms with van der Waals surface area (Å²) in [4.78, 5) is 23.7. The number of halogens is 2. The maximum absolute atomic E-state index is 12.0. The predicted octanol–water partition coefficient (Wildman–Crippen LogP) is 5.20. The molecule has 0 saturated carbocycles. The summed E-state index contributed by atoms with van der Waals surface area (Å²) in [5.41, 5.74) is 1.46. The van der Waals surface area contributed by atoms with Crippen LogP contribution in [-0.2, 0) is 4.74 Å². The summed E-state index contributed by atoms with van der Waals surface area (Å²) in [7, 11) is 0. The third kappa shape index (κ3) is 5.15. The van der Waals surface area contributed by atoms with Gasteiger partial charge >= 0.3 is 12.0 Å². The van der Waals surface area contributed by atoms with Crippen molar-refractivity contribution >= 4 is 46.6 Å². The number of anilines is 2. The van der Waals surface area contributed by atoms with E-state index in [1.54, 1.807) is 56.3 Å². The molecule has 2 amide bonds. The van der Waals surface area contributed by atoms with Crippen LogP contribution in [-0.4, -0.2) is 18.1 Å². The van der Waals surface area contributed by atoms with Crippen molar-refractivity contribution in [3.8, 4) is 0 Å². The second kappa shape index (κ2) is 8.04. The standard InChI is InChI=1S/C17H16Cl2N2O3/c1-10(2)24-16(22)11-3-5-12(6-4-11)20-17(23)21-13-7-8-14(18)15(19)9-13/h3-10H,1-2H3,(H2,20,21,23). The van der Waals surface area contributed by atoms with E-state index in [0.29, 0.717) is 27.0 Å². The van der Waals surface area contributed by atoms with Crippen LogP contribution in [0.2, 0.25) is 10.0 Å². The molecule has 0 radical (unpaired) electrons. The Balaban J connectivity index is 1.96. The van der Waals surface area contributed by atoms with Crippen LogP contribution < -0.4 is 10.6 Å². The number of nitrogens with one attached hydrogen (secondary N) is 2. The lowest BCUT2D eigenvalue weighted by atomic mass is 10.2.